The molecule has 3 heteroatoms. The normalized spacial score (nSPS) is 9.80. The molecule has 0 N–H and O–H groups in total. The van der Waals surface area contributed by atoms with Crippen molar-refractivity contribution < 1.29 is 4.79 Å². The highest BCUT2D eigenvalue weighted by atomic mass is 35.5. The molecule has 0 bridgehead atoms. The van der Waals surface area contributed by atoms with Crippen LogP contribution in [0.4, 0.5) is 0 Å². The molecule has 0 aliphatic carbocycles. The summed E-state index contributed by atoms with van der Waals surface area (Å²) in [7, 11) is 0. The molecule has 1 rings (SSSR count). The first kappa shape index (κ1) is 7.76. The minimum atomic E-state index is -0.290. The Kier molecular flexibility index (Phi) is 2.46. The second-order valence-electron chi connectivity index (χ2n) is 2.04. The predicted molar refractivity (Wildman–Crippen MR) is 43.6 cm³/mol. The van der Waals surface area contributed by atoms with Crippen LogP contribution in [-0.2, 0) is 11.2 Å². The van der Waals surface area contributed by atoms with E-state index < -0.39 is 0 Å². The maximum Gasteiger partial charge on any atom is 0.226 e. The van der Waals surface area contributed by atoms with Gasteiger partial charge in [-0.15, -0.1) is 11.3 Å². The van der Waals surface area contributed by atoms with Gasteiger partial charge in [-0.25, -0.2) is 0 Å². The van der Waals surface area contributed by atoms with E-state index in [4.69, 9.17) is 11.6 Å². The van der Waals surface area contributed by atoms with Gasteiger partial charge in [0.2, 0.25) is 5.24 Å². The monoisotopic (exact) mass is 174 g/mol. The Morgan fingerprint density at radius 3 is 2.80 bits per heavy atom. The molecule has 0 amide bonds. The SMILES string of the molecule is Cc1ccc(CC(=O)Cl)s1. The van der Waals surface area contributed by atoms with Gasteiger partial charge in [-0.05, 0) is 30.7 Å². The molecule has 0 aromatic carbocycles. The standard InChI is InChI=1S/C7H7ClOS/c1-5-2-3-6(10-5)4-7(8)9/h2-3H,4H2,1H3. The molecule has 0 spiro atoms. The Labute approximate surface area is 68.6 Å². The summed E-state index contributed by atoms with van der Waals surface area (Å²) in [5.41, 5.74) is 0. The minimum Gasteiger partial charge on any atom is -0.281 e. The molecule has 0 radical (unpaired) electrons. The quantitative estimate of drug-likeness (QED) is 0.630. The number of carbonyl (C=O) groups is 1. The van der Waals surface area contributed by atoms with Crippen molar-refractivity contribution in [3.63, 3.8) is 0 Å². The van der Waals surface area contributed by atoms with Gasteiger partial charge in [-0.2, -0.15) is 0 Å². The largest absolute Gasteiger partial charge is 0.281 e. The van der Waals surface area contributed by atoms with Gasteiger partial charge in [0.05, 0.1) is 6.42 Å². The van der Waals surface area contributed by atoms with Crippen LogP contribution >= 0.6 is 22.9 Å². The topological polar surface area (TPSA) is 17.1 Å². The fraction of sp³-hybridized carbons (Fsp3) is 0.286. The van der Waals surface area contributed by atoms with E-state index in [2.05, 4.69) is 0 Å². The highest BCUT2D eigenvalue weighted by Crippen LogP contribution is 2.15. The van der Waals surface area contributed by atoms with Gasteiger partial charge in [0.15, 0.2) is 0 Å². The van der Waals surface area contributed by atoms with Gasteiger partial charge in [-0.1, -0.05) is 0 Å². The lowest BCUT2D eigenvalue weighted by Gasteiger charge is -1.85. The van der Waals surface area contributed by atoms with E-state index in [1.807, 2.05) is 19.1 Å². The summed E-state index contributed by atoms with van der Waals surface area (Å²) < 4.78 is 0. The lowest BCUT2D eigenvalue weighted by atomic mass is 10.4. The fourth-order valence-corrected chi connectivity index (χ4v) is 1.83. The molecule has 1 heterocycles. The third-order valence-corrected chi connectivity index (χ3v) is 2.24. The zero-order valence-electron chi connectivity index (χ0n) is 5.56. The molecular formula is C7H7ClOS. The van der Waals surface area contributed by atoms with Crippen LogP contribution in [0.1, 0.15) is 9.75 Å². The Bertz CT molecular complexity index is 242. The van der Waals surface area contributed by atoms with Crippen LogP contribution in [0.25, 0.3) is 0 Å². The summed E-state index contributed by atoms with van der Waals surface area (Å²) in [6, 6.07) is 3.92. The summed E-state index contributed by atoms with van der Waals surface area (Å²) in [4.78, 5) is 12.6. The molecule has 0 aliphatic rings. The van der Waals surface area contributed by atoms with Crippen molar-refractivity contribution in [2.45, 2.75) is 13.3 Å². The molecule has 1 nitrogen and oxygen atoms in total. The molecule has 54 valence electrons. The fourth-order valence-electron chi connectivity index (χ4n) is 0.717. The van der Waals surface area contributed by atoms with Crippen molar-refractivity contribution in [2.24, 2.45) is 0 Å². The van der Waals surface area contributed by atoms with E-state index in [0.717, 1.165) is 4.88 Å². The van der Waals surface area contributed by atoms with Crippen molar-refractivity contribution in [2.75, 3.05) is 0 Å². The summed E-state index contributed by atoms with van der Waals surface area (Å²) in [5.74, 6) is 0. The first-order valence-corrected chi connectivity index (χ1v) is 4.11. The molecule has 0 aliphatic heterocycles. The van der Waals surface area contributed by atoms with Crippen LogP contribution in [0, 0.1) is 6.92 Å². The molecule has 10 heavy (non-hydrogen) atoms. The van der Waals surface area contributed by atoms with Gasteiger partial charge < -0.3 is 0 Å². The highest BCUT2D eigenvalue weighted by Gasteiger charge is 2.00. The zero-order valence-corrected chi connectivity index (χ0v) is 7.13. The van der Waals surface area contributed by atoms with Crippen molar-refractivity contribution in [1.82, 2.24) is 0 Å². The van der Waals surface area contributed by atoms with Crippen LogP contribution in [0.3, 0.4) is 0 Å². The zero-order chi connectivity index (χ0) is 7.56. The Morgan fingerprint density at radius 1 is 1.70 bits per heavy atom. The Balaban J connectivity index is 2.67. The van der Waals surface area contributed by atoms with E-state index in [9.17, 15) is 4.79 Å². The van der Waals surface area contributed by atoms with E-state index in [1.165, 1.54) is 4.88 Å². The van der Waals surface area contributed by atoms with Crippen molar-refractivity contribution in [1.29, 1.82) is 0 Å². The third kappa shape index (κ3) is 2.12. The number of carbonyl (C=O) groups excluding carboxylic acids is 1. The van der Waals surface area contributed by atoms with E-state index in [-0.39, 0.29) is 5.24 Å². The molecule has 0 saturated carbocycles. The van der Waals surface area contributed by atoms with E-state index >= 15 is 0 Å². The molecule has 0 fully saturated rings. The van der Waals surface area contributed by atoms with Crippen molar-refractivity contribution in [3.8, 4) is 0 Å². The summed E-state index contributed by atoms with van der Waals surface area (Å²) in [6.45, 7) is 2.01. The second kappa shape index (κ2) is 3.17. The second-order valence-corrected chi connectivity index (χ2v) is 3.84. The van der Waals surface area contributed by atoms with Crippen LogP contribution in [0.5, 0.6) is 0 Å². The average Bonchev–Trinajstić information content (AvgIpc) is 2.13. The highest BCUT2D eigenvalue weighted by molar-refractivity contribution is 7.12. The molecule has 1 aromatic heterocycles. The summed E-state index contributed by atoms with van der Waals surface area (Å²) in [5, 5.41) is -0.290. The van der Waals surface area contributed by atoms with Crippen molar-refractivity contribution >= 4 is 28.2 Å². The summed E-state index contributed by atoms with van der Waals surface area (Å²) >= 11 is 6.80. The van der Waals surface area contributed by atoms with Crippen LogP contribution in [-0.4, -0.2) is 5.24 Å². The Hall–Kier alpha value is -0.340. The predicted octanol–water partition coefficient (Wildman–Crippen LogP) is 2.36. The average molecular weight is 175 g/mol. The number of hydrogen-bond acceptors (Lipinski definition) is 2. The van der Waals surface area contributed by atoms with Gasteiger partial charge in [0.1, 0.15) is 0 Å². The number of halogens is 1. The van der Waals surface area contributed by atoms with E-state index in [1.54, 1.807) is 11.3 Å². The number of rotatable bonds is 2. The molecule has 0 atom stereocenters. The van der Waals surface area contributed by atoms with Crippen LogP contribution < -0.4 is 0 Å². The van der Waals surface area contributed by atoms with Gasteiger partial charge in [-0.3, -0.25) is 4.79 Å². The molecular weight excluding hydrogens is 168 g/mol. The maximum absolute atomic E-state index is 10.4. The van der Waals surface area contributed by atoms with E-state index in [0.29, 0.717) is 6.42 Å². The first-order chi connectivity index (χ1) is 4.68. The minimum absolute atomic E-state index is 0.290. The molecule has 0 unspecified atom stereocenters. The van der Waals surface area contributed by atoms with Gasteiger partial charge >= 0.3 is 0 Å². The molecule has 1 aromatic rings. The Morgan fingerprint density at radius 2 is 2.40 bits per heavy atom. The number of thiophene rings is 1. The lowest BCUT2D eigenvalue weighted by Crippen LogP contribution is -1.88. The number of hydrogen-bond donors (Lipinski definition) is 0. The first-order valence-electron chi connectivity index (χ1n) is 2.92. The van der Waals surface area contributed by atoms with Crippen LogP contribution in [0.15, 0.2) is 12.1 Å². The maximum atomic E-state index is 10.4. The van der Waals surface area contributed by atoms with Crippen molar-refractivity contribution in [3.05, 3.63) is 21.9 Å². The van der Waals surface area contributed by atoms with Crippen LogP contribution in [0.2, 0.25) is 0 Å². The number of aryl methyl sites for hydroxylation is 1. The molecule has 0 saturated heterocycles. The lowest BCUT2D eigenvalue weighted by molar-refractivity contribution is -0.111. The third-order valence-electron chi connectivity index (χ3n) is 1.11. The van der Waals surface area contributed by atoms with Gasteiger partial charge in [0, 0.05) is 9.75 Å². The smallest absolute Gasteiger partial charge is 0.226 e. The summed E-state index contributed by atoms with van der Waals surface area (Å²) in [6.07, 6.45) is 0.361. The van der Waals surface area contributed by atoms with Gasteiger partial charge in [0.25, 0.3) is 0 Å².